The van der Waals surface area contributed by atoms with Gasteiger partial charge in [-0.1, -0.05) is 25.6 Å². The number of aromatic nitrogens is 2. The molecule has 30 heavy (non-hydrogen) atoms. The Bertz CT molecular complexity index is 1150. The van der Waals surface area contributed by atoms with Gasteiger partial charge >= 0.3 is 11.9 Å². The lowest BCUT2D eigenvalue weighted by molar-refractivity contribution is -0.144. The molecular formula is C20H22F4N2O3Si. The Morgan fingerprint density at radius 2 is 1.70 bits per heavy atom. The van der Waals surface area contributed by atoms with E-state index in [1.165, 1.54) is 0 Å². The maximum absolute atomic E-state index is 14.9. The third kappa shape index (κ3) is 5.21. The van der Waals surface area contributed by atoms with Gasteiger partial charge < -0.3 is 4.74 Å². The topological polar surface area (TPSA) is 53.2 Å². The van der Waals surface area contributed by atoms with Gasteiger partial charge in [0.2, 0.25) is 0 Å². The predicted molar refractivity (Wildman–Crippen MR) is 108 cm³/mol. The molecular weight excluding hydrogens is 420 g/mol. The summed E-state index contributed by atoms with van der Waals surface area (Å²) < 4.78 is 60.3. The highest BCUT2D eigenvalue weighted by Gasteiger charge is 2.35. The molecule has 1 aromatic heterocycles. The van der Waals surface area contributed by atoms with Crippen LogP contribution >= 0.6 is 0 Å². The fraction of sp³-hybridized carbons (Fsp3) is 0.400. The number of ether oxygens (including phenoxy) is 1. The van der Waals surface area contributed by atoms with Gasteiger partial charge in [0.1, 0.15) is 25.3 Å². The summed E-state index contributed by atoms with van der Waals surface area (Å²) in [6.07, 6.45) is -5.24. The molecule has 0 radical (unpaired) electrons. The zero-order valence-electron chi connectivity index (χ0n) is 17.4. The minimum absolute atomic E-state index is 0.126. The van der Waals surface area contributed by atoms with Crippen molar-refractivity contribution in [2.24, 2.45) is 7.05 Å². The largest absolute Gasteiger partial charge is 0.490 e. The summed E-state index contributed by atoms with van der Waals surface area (Å²) >= 11 is 0. The van der Waals surface area contributed by atoms with Crippen molar-refractivity contribution in [2.75, 3.05) is 0 Å². The third-order valence-corrected chi connectivity index (χ3v) is 4.71. The summed E-state index contributed by atoms with van der Waals surface area (Å²) in [5.41, 5.74) is -1.27. The van der Waals surface area contributed by atoms with Crippen LogP contribution in [0.2, 0.25) is 19.6 Å². The van der Waals surface area contributed by atoms with E-state index in [4.69, 9.17) is 4.74 Å². The summed E-state index contributed by atoms with van der Waals surface area (Å²) in [6, 6.07) is 2.38. The average molecular weight is 442 g/mol. The molecule has 10 heteroatoms. The van der Waals surface area contributed by atoms with Crippen LogP contribution in [0.25, 0.3) is 5.69 Å². The van der Waals surface area contributed by atoms with E-state index in [1.54, 1.807) is 13.8 Å². The van der Waals surface area contributed by atoms with Crippen molar-refractivity contribution in [3.05, 3.63) is 56.1 Å². The van der Waals surface area contributed by atoms with Gasteiger partial charge in [0.15, 0.2) is 0 Å². The minimum atomic E-state index is -4.91. The van der Waals surface area contributed by atoms with Crippen molar-refractivity contribution in [3.8, 4) is 22.9 Å². The first-order chi connectivity index (χ1) is 13.6. The second kappa shape index (κ2) is 8.14. The molecule has 0 bridgehead atoms. The monoisotopic (exact) mass is 442 g/mol. The molecule has 0 fully saturated rings. The van der Waals surface area contributed by atoms with Crippen LogP contribution in [-0.2, 0) is 13.2 Å². The highest BCUT2D eigenvalue weighted by Crippen LogP contribution is 2.28. The van der Waals surface area contributed by atoms with Crippen LogP contribution in [0.1, 0.15) is 25.1 Å². The van der Waals surface area contributed by atoms with Gasteiger partial charge in [-0.2, -0.15) is 13.2 Å². The molecule has 2 aromatic rings. The molecule has 0 spiro atoms. The molecule has 0 aliphatic rings. The van der Waals surface area contributed by atoms with Crippen molar-refractivity contribution in [2.45, 2.75) is 45.8 Å². The summed E-state index contributed by atoms with van der Waals surface area (Å²) in [4.78, 5) is 24.8. The van der Waals surface area contributed by atoms with E-state index >= 15 is 0 Å². The number of halogens is 4. The highest BCUT2D eigenvalue weighted by molar-refractivity contribution is 6.83. The van der Waals surface area contributed by atoms with Crippen molar-refractivity contribution in [1.82, 2.24) is 9.13 Å². The minimum Gasteiger partial charge on any atom is -0.490 e. The normalized spacial score (nSPS) is 12.0. The fourth-order valence-corrected chi connectivity index (χ4v) is 3.05. The lowest BCUT2D eigenvalue weighted by Crippen LogP contribution is -2.41. The summed E-state index contributed by atoms with van der Waals surface area (Å²) in [6.45, 7) is 9.45. The molecule has 0 aliphatic heterocycles. The SMILES string of the molecule is CC(C)Oc1cc(-n2c(=O)cc(C(F)(F)F)n(C)c2=O)c(F)cc1C#C[Si](C)(C)C. The van der Waals surface area contributed by atoms with Gasteiger partial charge in [-0.25, -0.2) is 13.8 Å². The van der Waals surface area contributed by atoms with Crippen molar-refractivity contribution < 1.29 is 22.3 Å². The molecule has 5 nitrogen and oxygen atoms in total. The molecule has 0 unspecified atom stereocenters. The maximum atomic E-state index is 14.9. The predicted octanol–water partition coefficient (Wildman–Crippen LogP) is 3.71. The van der Waals surface area contributed by atoms with Gasteiger partial charge in [0.05, 0.1) is 17.4 Å². The van der Waals surface area contributed by atoms with E-state index in [-0.39, 0.29) is 28.1 Å². The number of nitrogens with zero attached hydrogens (tertiary/aromatic N) is 2. The first-order valence-corrected chi connectivity index (χ1v) is 12.6. The van der Waals surface area contributed by atoms with Crippen molar-refractivity contribution in [3.63, 3.8) is 0 Å². The van der Waals surface area contributed by atoms with E-state index in [9.17, 15) is 27.2 Å². The van der Waals surface area contributed by atoms with Crippen molar-refractivity contribution >= 4 is 8.07 Å². The molecule has 1 heterocycles. The number of alkyl halides is 3. The number of rotatable bonds is 3. The van der Waals surface area contributed by atoms with E-state index in [0.717, 1.165) is 19.2 Å². The molecule has 0 N–H and O–H groups in total. The van der Waals surface area contributed by atoms with Crippen LogP contribution in [0.3, 0.4) is 0 Å². The Labute approximate surface area is 171 Å². The number of hydrogen-bond donors (Lipinski definition) is 0. The zero-order valence-corrected chi connectivity index (χ0v) is 18.4. The molecule has 0 amide bonds. The highest BCUT2D eigenvalue weighted by atomic mass is 28.3. The van der Waals surface area contributed by atoms with Crippen LogP contribution in [0.4, 0.5) is 17.6 Å². The molecule has 162 valence electrons. The van der Waals surface area contributed by atoms with Crippen LogP contribution in [0.5, 0.6) is 5.75 Å². The summed E-state index contributed by atoms with van der Waals surface area (Å²) in [5.74, 6) is 2.02. The van der Waals surface area contributed by atoms with Crippen LogP contribution in [0.15, 0.2) is 27.8 Å². The molecule has 0 aliphatic carbocycles. The van der Waals surface area contributed by atoms with Gasteiger partial charge in [-0.15, -0.1) is 5.54 Å². The molecule has 1 aromatic carbocycles. The number of benzene rings is 1. The Balaban J connectivity index is 2.81. The van der Waals surface area contributed by atoms with Crippen LogP contribution in [0, 0.1) is 17.3 Å². The Morgan fingerprint density at radius 1 is 1.10 bits per heavy atom. The first kappa shape index (κ1) is 23.5. The first-order valence-electron chi connectivity index (χ1n) is 9.06. The van der Waals surface area contributed by atoms with E-state index in [2.05, 4.69) is 11.5 Å². The lowest BCUT2D eigenvalue weighted by Gasteiger charge is -2.17. The van der Waals surface area contributed by atoms with Gasteiger partial charge in [-0.3, -0.25) is 9.36 Å². The zero-order chi connectivity index (χ0) is 23.0. The van der Waals surface area contributed by atoms with E-state index in [0.29, 0.717) is 4.57 Å². The quantitative estimate of drug-likeness (QED) is 0.414. The lowest BCUT2D eigenvalue weighted by atomic mass is 10.1. The molecule has 0 saturated heterocycles. The van der Waals surface area contributed by atoms with Gasteiger partial charge in [-0.05, 0) is 19.9 Å². The van der Waals surface area contributed by atoms with Crippen LogP contribution in [-0.4, -0.2) is 23.3 Å². The van der Waals surface area contributed by atoms with Gasteiger partial charge in [0.25, 0.3) is 5.56 Å². The van der Waals surface area contributed by atoms with E-state index in [1.807, 2.05) is 19.6 Å². The molecule has 0 atom stereocenters. The Kier molecular flexibility index (Phi) is 6.37. The fourth-order valence-electron chi connectivity index (χ4n) is 2.54. The molecule has 0 saturated carbocycles. The summed E-state index contributed by atoms with van der Waals surface area (Å²) in [5, 5.41) is 0. The smallest absolute Gasteiger partial charge is 0.431 e. The van der Waals surface area contributed by atoms with Gasteiger partial charge in [0, 0.05) is 19.2 Å². The standard InChI is InChI=1S/C20H22F4N2O3Si/c1-12(2)29-16-10-15(14(21)9-13(16)7-8-30(4,5)6)26-18(27)11-17(20(22,23)24)25(3)19(26)28/h9-12H,1-6H3. The Morgan fingerprint density at radius 3 is 2.20 bits per heavy atom. The maximum Gasteiger partial charge on any atom is 0.431 e. The van der Waals surface area contributed by atoms with E-state index < -0.39 is 42.7 Å². The second-order valence-corrected chi connectivity index (χ2v) is 12.8. The van der Waals surface area contributed by atoms with Crippen LogP contribution < -0.4 is 16.0 Å². The second-order valence-electron chi connectivity index (χ2n) is 8.01. The third-order valence-electron chi connectivity index (χ3n) is 3.84. The summed E-state index contributed by atoms with van der Waals surface area (Å²) in [7, 11) is -0.942. The van der Waals surface area contributed by atoms with Crippen molar-refractivity contribution in [1.29, 1.82) is 0 Å². The Hall–Kier alpha value is -2.80. The molecule has 2 rings (SSSR count). The average Bonchev–Trinajstić information content (AvgIpc) is 2.57. The number of hydrogen-bond acceptors (Lipinski definition) is 3.